The molecule has 0 aliphatic rings. The van der Waals surface area contributed by atoms with E-state index in [0.29, 0.717) is 19.3 Å². The Kier molecular flexibility index (Phi) is 46.5. The van der Waals surface area contributed by atoms with E-state index in [-0.39, 0.29) is 31.1 Å². The zero-order chi connectivity index (χ0) is 44.4. The quantitative estimate of drug-likeness (QED) is 0.0200. The zero-order valence-corrected chi connectivity index (χ0v) is 39.7. The molecule has 0 radical (unpaired) electrons. The Bertz CT molecular complexity index is 1200. The van der Waals surface area contributed by atoms with Crippen molar-refractivity contribution in [2.45, 2.75) is 232 Å². The van der Waals surface area contributed by atoms with Gasteiger partial charge in [0.05, 0.1) is 0 Å². The van der Waals surface area contributed by atoms with E-state index < -0.39 is 6.10 Å². The van der Waals surface area contributed by atoms with Crippen LogP contribution in [-0.2, 0) is 28.6 Å². The van der Waals surface area contributed by atoms with Crippen molar-refractivity contribution in [2.75, 3.05) is 13.2 Å². The minimum Gasteiger partial charge on any atom is -0.462 e. The van der Waals surface area contributed by atoms with E-state index in [0.717, 1.165) is 109 Å². The average Bonchev–Trinajstić information content (AvgIpc) is 3.26. The van der Waals surface area contributed by atoms with Gasteiger partial charge in [0.25, 0.3) is 0 Å². The number of hydrogen-bond acceptors (Lipinski definition) is 6. The molecule has 0 spiro atoms. The fourth-order valence-electron chi connectivity index (χ4n) is 6.67. The van der Waals surface area contributed by atoms with Crippen LogP contribution in [0, 0.1) is 0 Å². The van der Waals surface area contributed by atoms with Crippen LogP contribution in [0.2, 0.25) is 0 Å². The molecule has 348 valence electrons. The Morgan fingerprint density at radius 3 is 1.11 bits per heavy atom. The maximum Gasteiger partial charge on any atom is 0.306 e. The molecule has 1 unspecified atom stereocenters. The normalized spacial score (nSPS) is 12.8. The molecule has 0 aromatic heterocycles. The van der Waals surface area contributed by atoms with Gasteiger partial charge in [-0.3, -0.25) is 14.4 Å². The molecule has 61 heavy (non-hydrogen) atoms. The molecule has 0 rings (SSSR count). The van der Waals surface area contributed by atoms with Crippen molar-refractivity contribution in [3.05, 3.63) is 85.1 Å². The van der Waals surface area contributed by atoms with Crippen LogP contribution in [0.15, 0.2) is 85.1 Å². The van der Waals surface area contributed by atoms with Gasteiger partial charge in [-0.25, -0.2) is 0 Å². The van der Waals surface area contributed by atoms with E-state index in [1.165, 1.54) is 77.0 Å². The van der Waals surface area contributed by atoms with Gasteiger partial charge in [-0.15, -0.1) is 0 Å². The van der Waals surface area contributed by atoms with Crippen molar-refractivity contribution in [3.8, 4) is 0 Å². The maximum atomic E-state index is 12.8. The minimum absolute atomic E-state index is 0.0978. The highest BCUT2D eigenvalue weighted by Gasteiger charge is 2.19. The first kappa shape index (κ1) is 57.6. The van der Waals surface area contributed by atoms with E-state index in [1.807, 2.05) is 18.2 Å². The van der Waals surface area contributed by atoms with E-state index >= 15 is 0 Å². The Balaban J connectivity index is 4.48. The highest BCUT2D eigenvalue weighted by atomic mass is 16.6. The summed E-state index contributed by atoms with van der Waals surface area (Å²) in [6.07, 6.45) is 62.7. The largest absolute Gasteiger partial charge is 0.462 e. The molecule has 6 heteroatoms. The van der Waals surface area contributed by atoms with Crippen molar-refractivity contribution in [1.82, 2.24) is 0 Å². The van der Waals surface area contributed by atoms with Crippen molar-refractivity contribution in [3.63, 3.8) is 0 Å². The number of allylic oxidation sites excluding steroid dienone is 14. The van der Waals surface area contributed by atoms with Crippen LogP contribution in [0.4, 0.5) is 0 Å². The Hall–Kier alpha value is -3.41. The molecule has 6 nitrogen and oxygen atoms in total. The van der Waals surface area contributed by atoms with E-state index in [2.05, 4.69) is 87.6 Å². The summed E-state index contributed by atoms with van der Waals surface area (Å²) in [5.74, 6) is -0.950. The summed E-state index contributed by atoms with van der Waals surface area (Å²) in [6.45, 7) is 6.41. The molecular formula is C55H92O6. The second-order valence-corrected chi connectivity index (χ2v) is 16.5. The predicted octanol–water partition coefficient (Wildman–Crippen LogP) is 16.4. The molecule has 0 amide bonds. The van der Waals surface area contributed by atoms with E-state index in [9.17, 15) is 14.4 Å². The minimum atomic E-state index is -0.798. The first-order valence-electron chi connectivity index (χ1n) is 25.2. The van der Waals surface area contributed by atoms with E-state index in [4.69, 9.17) is 14.2 Å². The molecule has 0 saturated heterocycles. The lowest BCUT2D eigenvalue weighted by Gasteiger charge is -2.18. The van der Waals surface area contributed by atoms with Crippen LogP contribution in [0.5, 0.6) is 0 Å². The van der Waals surface area contributed by atoms with Gasteiger partial charge in [0, 0.05) is 19.3 Å². The van der Waals surface area contributed by atoms with Crippen LogP contribution < -0.4 is 0 Å². The summed E-state index contributed by atoms with van der Waals surface area (Å²) >= 11 is 0. The van der Waals surface area contributed by atoms with Gasteiger partial charge in [-0.05, 0) is 89.9 Å². The second-order valence-electron chi connectivity index (χ2n) is 16.5. The Morgan fingerprint density at radius 2 is 0.656 bits per heavy atom. The van der Waals surface area contributed by atoms with Gasteiger partial charge >= 0.3 is 17.9 Å². The van der Waals surface area contributed by atoms with Gasteiger partial charge in [0.15, 0.2) is 6.10 Å². The number of carbonyl (C=O) groups excluding carboxylic acids is 3. The monoisotopic (exact) mass is 849 g/mol. The van der Waals surface area contributed by atoms with Gasteiger partial charge < -0.3 is 14.2 Å². The number of ether oxygens (including phenoxy) is 3. The fourth-order valence-corrected chi connectivity index (χ4v) is 6.67. The van der Waals surface area contributed by atoms with E-state index in [1.54, 1.807) is 0 Å². The van der Waals surface area contributed by atoms with Gasteiger partial charge in [0.2, 0.25) is 0 Å². The highest BCUT2D eigenvalue weighted by molar-refractivity contribution is 5.71. The smallest absolute Gasteiger partial charge is 0.306 e. The molecule has 0 aliphatic heterocycles. The predicted molar refractivity (Wildman–Crippen MR) is 261 cm³/mol. The summed E-state index contributed by atoms with van der Waals surface area (Å²) in [4.78, 5) is 37.9. The first-order chi connectivity index (χ1) is 30.0. The third-order valence-corrected chi connectivity index (χ3v) is 10.5. The van der Waals surface area contributed by atoms with Crippen molar-refractivity contribution < 1.29 is 28.6 Å². The number of unbranched alkanes of at least 4 members (excludes halogenated alkanes) is 23. The van der Waals surface area contributed by atoms with Crippen molar-refractivity contribution in [2.24, 2.45) is 0 Å². The van der Waals surface area contributed by atoms with Crippen LogP contribution in [0.3, 0.4) is 0 Å². The van der Waals surface area contributed by atoms with Crippen molar-refractivity contribution in [1.29, 1.82) is 0 Å². The molecule has 0 aromatic carbocycles. The summed E-state index contributed by atoms with van der Waals surface area (Å²) < 4.78 is 16.7. The summed E-state index contributed by atoms with van der Waals surface area (Å²) in [5, 5.41) is 0. The summed E-state index contributed by atoms with van der Waals surface area (Å²) in [5.41, 5.74) is 0. The third kappa shape index (κ3) is 47.5. The van der Waals surface area contributed by atoms with Crippen LogP contribution in [0.1, 0.15) is 226 Å². The number of carbonyl (C=O) groups is 3. The lowest BCUT2D eigenvalue weighted by molar-refractivity contribution is -0.167. The third-order valence-electron chi connectivity index (χ3n) is 10.5. The molecule has 0 heterocycles. The number of esters is 3. The van der Waals surface area contributed by atoms with Gasteiger partial charge in [0.1, 0.15) is 13.2 Å². The molecular weight excluding hydrogens is 757 g/mol. The summed E-state index contributed by atoms with van der Waals surface area (Å²) in [7, 11) is 0. The molecule has 0 aromatic rings. The summed E-state index contributed by atoms with van der Waals surface area (Å²) in [6, 6.07) is 0. The Labute approximate surface area is 375 Å². The van der Waals surface area contributed by atoms with Crippen LogP contribution >= 0.6 is 0 Å². The van der Waals surface area contributed by atoms with Crippen molar-refractivity contribution >= 4 is 17.9 Å². The van der Waals surface area contributed by atoms with Crippen LogP contribution in [0.25, 0.3) is 0 Å². The Morgan fingerprint density at radius 1 is 0.344 bits per heavy atom. The first-order valence-corrected chi connectivity index (χ1v) is 25.2. The van der Waals surface area contributed by atoms with Gasteiger partial charge in [-0.2, -0.15) is 0 Å². The molecule has 0 fully saturated rings. The zero-order valence-electron chi connectivity index (χ0n) is 39.7. The molecule has 0 saturated carbocycles. The number of rotatable bonds is 44. The lowest BCUT2D eigenvalue weighted by atomic mass is 10.1. The van der Waals surface area contributed by atoms with Crippen LogP contribution in [-0.4, -0.2) is 37.2 Å². The SMILES string of the molecule is CC\C=C/C=C\C=C/C=C\CCCCCCCC(=O)OCC(COC(=O)CCCCC/C=C\CCCCCCCC)OC(=O)CCCCCCCC/C=C\C=C/CCCCC. The highest BCUT2D eigenvalue weighted by Crippen LogP contribution is 2.13. The average molecular weight is 849 g/mol. The number of hydrogen-bond donors (Lipinski definition) is 0. The molecule has 0 N–H and O–H groups in total. The maximum absolute atomic E-state index is 12.8. The topological polar surface area (TPSA) is 78.9 Å². The molecule has 0 aliphatic carbocycles. The lowest BCUT2D eigenvalue weighted by Crippen LogP contribution is -2.30. The second kappa shape index (κ2) is 49.2. The fraction of sp³-hybridized carbons (Fsp3) is 0.691. The molecule has 0 bridgehead atoms. The molecule has 1 atom stereocenters. The van der Waals surface area contributed by atoms with Gasteiger partial charge in [-0.1, -0.05) is 202 Å². The standard InChI is InChI=1S/C55H92O6/c1-4-7-10-13-16-19-22-25-27-30-33-36-39-42-45-48-54(57)60-51-52(50-59-53(56)47-44-41-38-35-32-29-24-21-18-15-12-9-6-3)61-55(58)49-46-43-40-37-34-31-28-26-23-20-17-14-11-8-5-2/h7,10,13,16-17,19-20,22-23,25-27,29,32,52H,4-6,8-9,11-12,14-15,18,21,24,28,30-31,33-51H2,1-3H3/b10-7-,16-13-,20-17-,22-19-,26-23-,27-25-,32-29-.